The highest BCUT2D eigenvalue weighted by atomic mass is 16.5. The number of hydrogen-bond acceptors (Lipinski definition) is 3. The Balaban J connectivity index is 1.96. The van der Waals surface area contributed by atoms with Crippen LogP contribution in [0, 0.1) is 5.92 Å². The second-order valence-electron chi connectivity index (χ2n) is 5.40. The van der Waals surface area contributed by atoms with Gasteiger partial charge in [-0.2, -0.15) is 0 Å². The maximum atomic E-state index is 9.58. The molecule has 1 saturated carbocycles. The molecule has 18 heavy (non-hydrogen) atoms. The first-order chi connectivity index (χ1) is 8.60. The van der Waals surface area contributed by atoms with Crippen molar-refractivity contribution in [2.45, 2.75) is 45.2 Å². The first-order valence-corrected chi connectivity index (χ1v) is 6.73. The number of nitrogens with one attached hydrogen (secondary N) is 1. The van der Waals surface area contributed by atoms with Crippen LogP contribution in [0.3, 0.4) is 0 Å². The van der Waals surface area contributed by atoms with Crippen molar-refractivity contribution in [2.24, 2.45) is 5.92 Å². The van der Waals surface area contributed by atoms with Gasteiger partial charge in [0.15, 0.2) is 11.5 Å². The average molecular weight is 249 g/mol. The van der Waals surface area contributed by atoms with Crippen LogP contribution in [-0.2, 0) is 0 Å². The Morgan fingerprint density at radius 2 is 2.11 bits per heavy atom. The molecular formula is C15H23NO2. The van der Waals surface area contributed by atoms with Crippen molar-refractivity contribution in [2.75, 3.05) is 7.11 Å². The number of phenols is 1. The van der Waals surface area contributed by atoms with Crippen molar-refractivity contribution < 1.29 is 9.84 Å². The lowest BCUT2D eigenvalue weighted by Crippen LogP contribution is -2.29. The van der Waals surface area contributed by atoms with Crippen molar-refractivity contribution in [1.29, 1.82) is 0 Å². The molecule has 0 bridgehead atoms. The molecule has 100 valence electrons. The van der Waals surface area contributed by atoms with Crippen molar-refractivity contribution in [3.63, 3.8) is 0 Å². The second kappa shape index (κ2) is 5.61. The van der Waals surface area contributed by atoms with Gasteiger partial charge in [0.05, 0.1) is 7.11 Å². The number of ether oxygens (including phenoxy) is 1. The van der Waals surface area contributed by atoms with E-state index < -0.39 is 0 Å². The maximum Gasteiger partial charge on any atom is 0.160 e. The summed E-state index contributed by atoms with van der Waals surface area (Å²) in [5, 5.41) is 13.2. The molecule has 0 spiro atoms. The fraction of sp³-hybridized carbons (Fsp3) is 0.600. The van der Waals surface area contributed by atoms with E-state index in [1.807, 2.05) is 12.1 Å². The minimum absolute atomic E-state index is 0.194. The predicted molar refractivity (Wildman–Crippen MR) is 73.0 cm³/mol. The zero-order valence-corrected chi connectivity index (χ0v) is 11.4. The summed E-state index contributed by atoms with van der Waals surface area (Å²) in [6.45, 7) is 4.39. The normalized spacial score (nSPS) is 18.4. The van der Waals surface area contributed by atoms with Crippen LogP contribution < -0.4 is 10.1 Å². The van der Waals surface area contributed by atoms with E-state index in [1.165, 1.54) is 19.3 Å². The monoisotopic (exact) mass is 249 g/mol. The molecule has 3 nitrogen and oxygen atoms in total. The summed E-state index contributed by atoms with van der Waals surface area (Å²) < 4.78 is 5.14. The Labute approximate surface area is 109 Å². The molecule has 2 unspecified atom stereocenters. The highest BCUT2D eigenvalue weighted by Crippen LogP contribution is 2.34. The highest BCUT2D eigenvalue weighted by Gasteiger charge is 2.24. The molecule has 1 aliphatic carbocycles. The molecule has 2 atom stereocenters. The molecule has 0 aliphatic heterocycles. The van der Waals surface area contributed by atoms with E-state index >= 15 is 0 Å². The van der Waals surface area contributed by atoms with Crippen LogP contribution in [0.25, 0.3) is 0 Å². The number of methoxy groups -OCH3 is 1. The van der Waals surface area contributed by atoms with Gasteiger partial charge < -0.3 is 15.2 Å². The Bertz CT molecular complexity index is 401. The van der Waals surface area contributed by atoms with Gasteiger partial charge in [-0.25, -0.2) is 0 Å². The molecule has 1 aromatic carbocycles. The van der Waals surface area contributed by atoms with Crippen molar-refractivity contribution in [3.8, 4) is 11.5 Å². The smallest absolute Gasteiger partial charge is 0.160 e. The van der Waals surface area contributed by atoms with Gasteiger partial charge in [0.25, 0.3) is 0 Å². The molecule has 1 aliphatic rings. The first kappa shape index (κ1) is 13.2. The van der Waals surface area contributed by atoms with Gasteiger partial charge in [-0.15, -0.1) is 0 Å². The summed E-state index contributed by atoms with van der Waals surface area (Å²) in [4.78, 5) is 0. The minimum Gasteiger partial charge on any atom is -0.504 e. The van der Waals surface area contributed by atoms with Crippen molar-refractivity contribution in [3.05, 3.63) is 23.8 Å². The highest BCUT2D eigenvalue weighted by molar-refractivity contribution is 5.42. The van der Waals surface area contributed by atoms with E-state index in [0.29, 0.717) is 11.8 Å². The molecular weight excluding hydrogens is 226 g/mol. The van der Waals surface area contributed by atoms with E-state index in [9.17, 15) is 5.11 Å². The van der Waals surface area contributed by atoms with E-state index in [1.54, 1.807) is 13.2 Å². The lowest BCUT2D eigenvalue weighted by atomic mass is 10.1. The fourth-order valence-corrected chi connectivity index (χ4v) is 2.41. The van der Waals surface area contributed by atoms with Crippen LogP contribution in [0.5, 0.6) is 11.5 Å². The zero-order chi connectivity index (χ0) is 13.1. The number of rotatable bonds is 6. The van der Waals surface area contributed by atoms with Crippen LogP contribution in [0.15, 0.2) is 18.2 Å². The molecule has 1 fully saturated rings. The van der Waals surface area contributed by atoms with Gasteiger partial charge in [-0.3, -0.25) is 0 Å². The SMILES string of the molecule is COc1cc(C(C)NC(C)CC2CC2)ccc1O. The van der Waals surface area contributed by atoms with Crippen LogP contribution in [-0.4, -0.2) is 18.3 Å². The maximum absolute atomic E-state index is 9.58. The van der Waals surface area contributed by atoms with E-state index in [0.717, 1.165) is 11.5 Å². The summed E-state index contributed by atoms with van der Waals surface area (Å²) in [7, 11) is 1.58. The van der Waals surface area contributed by atoms with Crippen LogP contribution >= 0.6 is 0 Å². The Hall–Kier alpha value is -1.22. The molecule has 2 N–H and O–H groups in total. The number of phenolic OH excluding ortho intramolecular Hbond substituents is 1. The molecule has 2 rings (SSSR count). The number of aromatic hydroxyl groups is 1. The third-order valence-electron chi connectivity index (χ3n) is 3.62. The molecule has 0 heterocycles. The van der Waals surface area contributed by atoms with Crippen LogP contribution in [0.1, 0.15) is 44.7 Å². The molecule has 0 saturated heterocycles. The average Bonchev–Trinajstić information content (AvgIpc) is 3.13. The minimum atomic E-state index is 0.194. The van der Waals surface area contributed by atoms with Gasteiger partial charge in [0.1, 0.15) is 0 Å². The Kier molecular flexibility index (Phi) is 4.12. The first-order valence-electron chi connectivity index (χ1n) is 6.73. The lowest BCUT2D eigenvalue weighted by Gasteiger charge is -2.21. The largest absolute Gasteiger partial charge is 0.504 e. The van der Waals surface area contributed by atoms with E-state index in [4.69, 9.17) is 4.74 Å². The molecule has 0 radical (unpaired) electrons. The fourth-order valence-electron chi connectivity index (χ4n) is 2.41. The zero-order valence-electron chi connectivity index (χ0n) is 11.4. The van der Waals surface area contributed by atoms with Crippen LogP contribution in [0.4, 0.5) is 0 Å². The van der Waals surface area contributed by atoms with Gasteiger partial charge in [0.2, 0.25) is 0 Å². The van der Waals surface area contributed by atoms with Gasteiger partial charge >= 0.3 is 0 Å². The van der Waals surface area contributed by atoms with E-state index in [-0.39, 0.29) is 11.8 Å². The summed E-state index contributed by atoms with van der Waals surface area (Å²) in [6.07, 6.45) is 4.06. The Morgan fingerprint density at radius 3 is 2.72 bits per heavy atom. The third kappa shape index (κ3) is 3.39. The summed E-state index contributed by atoms with van der Waals surface area (Å²) in [6, 6.07) is 6.34. The van der Waals surface area contributed by atoms with Gasteiger partial charge in [-0.05, 0) is 43.9 Å². The second-order valence-corrected chi connectivity index (χ2v) is 5.40. The Morgan fingerprint density at radius 1 is 1.39 bits per heavy atom. The molecule has 1 aromatic rings. The molecule has 3 heteroatoms. The predicted octanol–water partition coefficient (Wildman–Crippen LogP) is 3.24. The standard InChI is InChI=1S/C15H23NO2/c1-10(8-12-4-5-12)16-11(2)13-6-7-14(17)15(9-13)18-3/h6-7,9-12,16-17H,4-5,8H2,1-3H3. The van der Waals surface area contributed by atoms with E-state index in [2.05, 4.69) is 19.2 Å². The molecule has 0 amide bonds. The van der Waals surface area contributed by atoms with Crippen molar-refractivity contribution >= 4 is 0 Å². The quantitative estimate of drug-likeness (QED) is 0.813. The third-order valence-corrected chi connectivity index (χ3v) is 3.62. The van der Waals surface area contributed by atoms with Crippen molar-refractivity contribution in [1.82, 2.24) is 5.32 Å². The summed E-state index contributed by atoms with van der Waals surface area (Å²) in [5.74, 6) is 1.67. The van der Waals surface area contributed by atoms with Gasteiger partial charge in [0, 0.05) is 12.1 Å². The lowest BCUT2D eigenvalue weighted by molar-refractivity contribution is 0.371. The van der Waals surface area contributed by atoms with Gasteiger partial charge in [-0.1, -0.05) is 18.9 Å². The van der Waals surface area contributed by atoms with Crippen LogP contribution in [0.2, 0.25) is 0 Å². The summed E-state index contributed by atoms with van der Waals surface area (Å²) in [5.41, 5.74) is 1.15. The topological polar surface area (TPSA) is 41.5 Å². The number of hydrogen-bond donors (Lipinski definition) is 2. The molecule has 0 aromatic heterocycles. The number of benzene rings is 1. The summed E-state index contributed by atoms with van der Waals surface area (Å²) >= 11 is 0.